The van der Waals surface area contributed by atoms with E-state index in [1.807, 2.05) is 12.1 Å². The van der Waals surface area contributed by atoms with Gasteiger partial charge in [-0.05, 0) is 54.8 Å². The summed E-state index contributed by atoms with van der Waals surface area (Å²) in [5.41, 5.74) is 2.91. The molecule has 3 aromatic rings. The Morgan fingerprint density at radius 1 is 1.26 bits per heavy atom. The van der Waals surface area contributed by atoms with Gasteiger partial charge in [0.25, 0.3) is 0 Å². The maximum atomic E-state index is 13.9. The standard InChI is InChI=1S/C20H17ClF2N2O2/c1-2-27-20(26)25-6-5-15-16-9-12(21)3-4-17(16)24-18(15)19(25)11-7-13(22)10-14(23)8-11/h3-4,7-10,19,24H,2,5-6H2,1H3. The molecule has 1 aliphatic rings. The van der Waals surface area contributed by atoms with Gasteiger partial charge in [-0.3, -0.25) is 4.90 Å². The zero-order valence-corrected chi connectivity index (χ0v) is 15.3. The lowest BCUT2D eigenvalue weighted by Crippen LogP contribution is -2.41. The number of hydrogen-bond acceptors (Lipinski definition) is 2. The first-order valence-corrected chi connectivity index (χ1v) is 9.05. The molecule has 140 valence electrons. The fraction of sp³-hybridized carbons (Fsp3) is 0.250. The number of nitrogens with zero attached hydrogens (tertiary/aromatic N) is 1. The van der Waals surface area contributed by atoms with Crippen LogP contribution in [-0.2, 0) is 11.2 Å². The molecule has 1 unspecified atom stereocenters. The average molecular weight is 391 g/mol. The van der Waals surface area contributed by atoms with Crippen LogP contribution in [0.1, 0.15) is 29.8 Å². The first kappa shape index (κ1) is 17.8. The number of carbonyl (C=O) groups excluding carboxylic acids is 1. The molecule has 2 heterocycles. The first-order chi connectivity index (χ1) is 13.0. The average Bonchev–Trinajstić information content (AvgIpc) is 2.98. The summed E-state index contributed by atoms with van der Waals surface area (Å²) in [4.78, 5) is 17.3. The third-order valence-electron chi connectivity index (χ3n) is 4.79. The van der Waals surface area contributed by atoms with Crippen LogP contribution in [0.15, 0.2) is 36.4 Å². The summed E-state index contributed by atoms with van der Waals surface area (Å²) in [6.07, 6.45) is 0.0671. The highest BCUT2D eigenvalue weighted by atomic mass is 35.5. The van der Waals surface area contributed by atoms with Crippen LogP contribution in [0, 0.1) is 11.6 Å². The number of halogens is 3. The second-order valence-electron chi connectivity index (χ2n) is 6.45. The smallest absolute Gasteiger partial charge is 0.410 e. The predicted molar refractivity (Wildman–Crippen MR) is 98.9 cm³/mol. The van der Waals surface area contributed by atoms with Crippen molar-refractivity contribution in [1.29, 1.82) is 0 Å². The second kappa shape index (κ2) is 6.85. The van der Waals surface area contributed by atoms with E-state index in [9.17, 15) is 13.6 Å². The van der Waals surface area contributed by atoms with E-state index < -0.39 is 23.8 Å². The Kier molecular flexibility index (Phi) is 4.52. The van der Waals surface area contributed by atoms with Crippen molar-refractivity contribution in [3.05, 3.63) is 69.9 Å². The van der Waals surface area contributed by atoms with Crippen molar-refractivity contribution in [2.24, 2.45) is 0 Å². The monoisotopic (exact) mass is 390 g/mol. The fourth-order valence-corrected chi connectivity index (χ4v) is 3.92. The number of rotatable bonds is 2. The van der Waals surface area contributed by atoms with Crippen molar-refractivity contribution >= 4 is 28.6 Å². The lowest BCUT2D eigenvalue weighted by atomic mass is 9.92. The van der Waals surface area contributed by atoms with Crippen LogP contribution in [0.25, 0.3) is 10.9 Å². The molecule has 0 radical (unpaired) electrons. The van der Waals surface area contributed by atoms with Crippen LogP contribution in [0.5, 0.6) is 0 Å². The van der Waals surface area contributed by atoms with E-state index in [2.05, 4.69) is 4.98 Å². The van der Waals surface area contributed by atoms with Gasteiger partial charge >= 0.3 is 6.09 Å². The van der Waals surface area contributed by atoms with Crippen molar-refractivity contribution < 1.29 is 18.3 Å². The highest BCUT2D eigenvalue weighted by Crippen LogP contribution is 2.39. The van der Waals surface area contributed by atoms with Gasteiger partial charge < -0.3 is 9.72 Å². The SMILES string of the molecule is CCOC(=O)N1CCc2c([nH]c3ccc(Cl)cc23)C1c1cc(F)cc(F)c1. The summed E-state index contributed by atoms with van der Waals surface area (Å²) in [5.74, 6) is -1.39. The largest absolute Gasteiger partial charge is 0.450 e. The van der Waals surface area contributed by atoms with Crippen molar-refractivity contribution in [2.75, 3.05) is 13.2 Å². The molecule has 2 aromatic carbocycles. The minimum Gasteiger partial charge on any atom is -0.450 e. The second-order valence-corrected chi connectivity index (χ2v) is 6.89. The van der Waals surface area contributed by atoms with Gasteiger partial charge in [0, 0.05) is 34.2 Å². The molecule has 4 rings (SSSR count). The van der Waals surface area contributed by atoms with E-state index in [-0.39, 0.29) is 6.61 Å². The van der Waals surface area contributed by atoms with E-state index in [4.69, 9.17) is 16.3 Å². The molecule has 0 fully saturated rings. The van der Waals surface area contributed by atoms with Crippen molar-refractivity contribution in [1.82, 2.24) is 9.88 Å². The minimum absolute atomic E-state index is 0.217. The number of hydrogen-bond donors (Lipinski definition) is 1. The zero-order valence-electron chi connectivity index (χ0n) is 14.6. The number of fused-ring (bicyclic) bond motifs is 3. The Hall–Kier alpha value is -2.60. The lowest BCUT2D eigenvalue weighted by molar-refractivity contribution is 0.0931. The molecule has 0 bridgehead atoms. The molecule has 1 aromatic heterocycles. The highest BCUT2D eigenvalue weighted by molar-refractivity contribution is 6.31. The summed E-state index contributed by atoms with van der Waals surface area (Å²) >= 11 is 6.14. The molecule has 0 aliphatic carbocycles. The van der Waals surface area contributed by atoms with E-state index in [1.165, 1.54) is 17.0 Å². The van der Waals surface area contributed by atoms with Crippen molar-refractivity contribution in [3.63, 3.8) is 0 Å². The third-order valence-corrected chi connectivity index (χ3v) is 5.03. The Morgan fingerprint density at radius 2 is 2.00 bits per heavy atom. The van der Waals surface area contributed by atoms with Crippen molar-refractivity contribution in [3.8, 4) is 0 Å². The number of H-pyrrole nitrogens is 1. The quantitative estimate of drug-likeness (QED) is 0.653. The van der Waals surface area contributed by atoms with Gasteiger partial charge in [-0.25, -0.2) is 13.6 Å². The number of ether oxygens (including phenoxy) is 1. The Labute approximate surface area is 159 Å². The molecular formula is C20H17ClF2N2O2. The number of benzene rings is 2. The third kappa shape index (κ3) is 3.14. The zero-order chi connectivity index (χ0) is 19.1. The van der Waals surface area contributed by atoms with Gasteiger partial charge in [-0.2, -0.15) is 0 Å². The van der Waals surface area contributed by atoms with Crippen LogP contribution in [0.2, 0.25) is 5.02 Å². The minimum atomic E-state index is -0.694. The maximum Gasteiger partial charge on any atom is 0.410 e. The lowest BCUT2D eigenvalue weighted by Gasteiger charge is -2.35. The Balaban J connectivity index is 1.91. The Bertz CT molecular complexity index is 1010. The molecule has 7 heteroatoms. The molecule has 1 N–H and O–H groups in total. The van der Waals surface area contributed by atoms with Gasteiger partial charge in [-0.15, -0.1) is 0 Å². The number of aromatic nitrogens is 1. The van der Waals surface area contributed by atoms with E-state index in [1.54, 1.807) is 13.0 Å². The molecule has 27 heavy (non-hydrogen) atoms. The summed E-state index contributed by atoms with van der Waals surface area (Å²) in [7, 11) is 0. The Morgan fingerprint density at radius 3 is 2.70 bits per heavy atom. The van der Waals surface area contributed by atoms with Crippen LogP contribution >= 0.6 is 11.6 Å². The summed E-state index contributed by atoms with van der Waals surface area (Å²) in [5, 5.41) is 1.55. The molecule has 1 aliphatic heterocycles. The predicted octanol–water partition coefficient (Wildman–Crippen LogP) is 5.20. The number of aromatic amines is 1. The van der Waals surface area contributed by atoms with Gasteiger partial charge in [0.1, 0.15) is 17.7 Å². The van der Waals surface area contributed by atoms with Crippen LogP contribution < -0.4 is 0 Å². The molecule has 0 spiro atoms. The summed E-state index contributed by atoms with van der Waals surface area (Å²) in [6.45, 7) is 2.30. The summed E-state index contributed by atoms with van der Waals surface area (Å²) < 4.78 is 32.9. The number of nitrogens with one attached hydrogen (secondary N) is 1. The van der Waals surface area contributed by atoms with Crippen LogP contribution in [0.4, 0.5) is 13.6 Å². The van der Waals surface area contributed by atoms with E-state index in [0.717, 1.165) is 28.2 Å². The molecule has 0 saturated heterocycles. The van der Waals surface area contributed by atoms with Gasteiger partial charge in [0.05, 0.1) is 6.61 Å². The molecule has 1 atom stereocenters. The molecule has 0 saturated carbocycles. The van der Waals surface area contributed by atoms with Gasteiger partial charge in [0.15, 0.2) is 0 Å². The van der Waals surface area contributed by atoms with Gasteiger partial charge in [0.2, 0.25) is 0 Å². The molecule has 1 amide bonds. The highest BCUT2D eigenvalue weighted by Gasteiger charge is 2.35. The number of amides is 1. The molecule has 4 nitrogen and oxygen atoms in total. The van der Waals surface area contributed by atoms with Crippen molar-refractivity contribution in [2.45, 2.75) is 19.4 Å². The van der Waals surface area contributed by atoms with Gasteiger partial charge in [-0.1, -0.05) is 11.6 Å². The topological polar surface area (TPSA) is 45.3 Å². The van der Waals surface area contributed by atoms with E-state index >= 15 is 0 Å². The van der Waals surface area contributed by atoms with E-state index in [0.29, 0.717) is 23.6 Å². The summed E-state index contributed by atoms with van der Waals surface area (Å²) in [6, 6.07) is 8.10. The van der Waals surface area contributed by atoms with Crippen LogP contribution in [0.3, 0.4) is 0 Å². The van der Waals surface area contributed by atoms with Crippen LogP contribution in [-0.4, -0.2) is 29.1 Å². The normalized spacial score (nSPS) is 16.4. The maximum absolute atomic E-state index is 13.9. The fourth-order valence-electron chi connectivity index (χ4n) is 3.74. The molecular weight excluding hydrogens is 374 g/mol. The first-order valence-electron chi connectivity index (χ1n) is 8.67. The number of carbonyl (C=O) groups is 1.